The molecule has 2 aromatic carbocycles. The maximum Gasteiger partial charge on any atom is 0.234 e. The van der Waals surface area contributed by atoms with Crippen molar-refractivity contribution in [1.82, 2.24) is 5.32 Å². The molecule has 6 nitrogen and oxygen atoms in total. The van der Waals surface area contributed by atoms with Crippen molar-refractivity contribution >= 4 is 33.0 Å². The van der Waals surface area contributed by atoms with E-state index in [0.29, 0.717) is 11.3 Å². The Morgan fingerprint density at radius 2 is 1.70 bits per heavy atom. The normalized spacial score (nSPS) is 12.3. The average Bonchev–Trinajstić information content (AvgIpc) is 2.68. The number of benzene rings is 2. The molecule has 0 aliphatic heterocycles. The van der Waals surface area contributed by atoms with Gasteiger partial charge in [-0.25, -0.2) is 8.42 Å². The van der Waals surface area contributed by atoms with Gasteiger partial charge in [0.1, 0.15) is 16.9 Å². The molecule has 2 rings (SSSR count). The van der Waals surface area contributed by atoms with Gasteiger partial charge in [-0.05, 0) is 42.0 Å². The molecule has 0 unspecified atom stereocenters. The van der Waals surface area contributed by atoms with Gasteiger partial charge in [-0.2, -0.15) is 0 Å². The molecule has 27 heavy (non-hydrogen) atoms. The number of hydrogen-bond donors (Lipinski definition) is 1. The minimum absolute atomic E-state index is 0.0682. The first-order valence-corrected chi connectivity index (χ1v) is 10.4. The van der Waals surface area contributed by atoms with E-state index in [4.69, 9.17) is 16.3 Å². The summed E-state index contributed by atoms with van der Waals surface area (Å²) in [7, 11) is 1.58. The topological polar surface area (TPSA) is 75.7 Å². The molecular weight excluding hydrogens is 388 g/mol. The van der Waals surface area contributed by atoms with Crippen LogP contribution in [0.3, 0.4) is 0 Å². The molecule has 0 bridgehead atoms. The molecule has 0 heterocycles. The summed E-state index contributed by atoms with van der Waals surface area (Å²) in [5.41, 5.74) is 1.54. The van der Waals surface area contributed by atoms with E-state index in [1.165, 1.54) is 19.2 Å². The zero-order valence-corrected chi connectivity index (χ0v) is 17.0. The van der Waals surface area contributed by atoms with Crippen molar-refractivity contribution in [1.29, 1.82) is 0 Å². The molecule has 0 aliphatic rings. The molecule has 1 atom stereocenters. The van der Waals surface area contributed by atoms with Gasteiger partial charge in [0.15, 0.2) is 9.84 Å². The number of sulfone groups is 1. The summed E-state index contributed by atoms with van der Waals surface area (Å²) in [5, 5.41) is 1.65. The smallest absolute Gasteiger partial charge is 0.234 e. The number of halogens is 1. The molecule has 146 valence electrons. The molecule has 8 heteroatoms. The minimum atomic E-state index is -3.74. The Morgan fingerprint density at radius 3 is 2.19 bits per heavy atom. The number of methoxy groups -OCH3 is 1. The monoisotopic (exact) mass is 410 g/mol. The van der Waals surface area contributed by atoms with Gasteiger partial charge >= 0.3 is 0 Å². The Labute approximate surface area is 165 Å². The number of carbonyl (C=O) groups excluding carboxylic acids is 1. The van der Waals surface area contributed by atoms with E-state index in [1.807, 2.05) is 31.1 Å². The van der Waals surface area contributed by atoms with Crippen molar-refractivity contribution in [2.75, 3.05) is 38.5 Å². The molecule has 1 N–H and O–H groups in total. The molecule has 0 aliphatic carbocycles. The van der Waals surface area contributed by atoms with Crippen LogP contribution in [-0.4, -0.2) is 48.0 Å². The van der Waals surface area contributed by atoms with E-state index >= 15 is 0 Å². The van der Waals surface area contributed by atoms with E-state index in [-0.39, 0.29) is 17.3 Å². The Balaban J connectivity index is 2.41. The Hall–Kier alpha value is -2.25. The number of carbonyl (C=O) groups is 1. The van der Waals surface area contributed by atoms with Crippen molar-refractivity contribution in [3.8, 4) is 5.75 Å². The van der Waals surface area contributed by atoms with Crippen LogP contribution in [-0.2, 0) is 14.6 Å². The highest BCUT2D eigenvalue weighted by Crippen LogP contribution is 2.30. The molecule has 1 amide bonds. The van der Waals surface area contributed by atoms with Crippen LogP contribution in [0.1, 0.15) is 10.8 Å². The molecule has 0 saturated carbocycles. The minimum Gasteiger partial charge on any atom is -0.497 e. The van der Waals surface area contributed by atoms with Crippen LogP contribution < -0.4 is 15.0 Å². The highest BCUT2D eigenvalue weighted by Gasteiger charge is 2.29. The van der Waals surface area contributed by atoms with E-state index in [1.54, 1.807) is 24.3 Å². The summed E-state index contributed by atoms with van der Waals surface area (Å²) in [6, 6.07) is 13.4. The second-order valence-electron chi connectivity index (χ2n) is 6.13. The lowest BCUT2D eigenvalue weighted by Gasteiger charge is -2.20. The highest BCUT2D eigenvalue weighted by molar-refractivity contribution is 7.91. The molecular formula is C19H23ClN2O4S. The lowest BCUT2D eigenvalue weighted by Crippen LogP contribution is -2.32. The number of amides is 1. The van der Waals surface area contributed by atoms with Crippen LogP contribution in [0.2, 0.25) is 0 Å². The quantitative estimate of drug-likeness (QED) is 0.677. The van der Waals surface area contributed by atoms with Crippen LogP contribution in [0.5, 0.6) is 5.75 Å². The summed E-state index contributed by atoms with van der Waals surface area (Å²) in [6.07, 6.45) is 0. The van der Waals surface area contributed by atoms with E-state index in [9.17, 15) is 13.2 Å². The number of rotatable bonds is 8. The largest absolute Gasteiger partial charge is 0.497 e. The Morgan fingerprint density at radius 1 is 1.11 bits per heavy atom. The third-order valence-electron chi connectivity index (χ3n) is 4.15. The number of hydrogen-bond acceptors (Lipinski definition) is 5. The predicted octanol–water partition coefficient (Wildman–Crippen LogP) is 2.63. The fourth-order valence-corrected chi connectivity index (χ4v) is 4.33. The van der Waals surface area contributed by atoms with Gasteiger partial charge in [0, 0.05) is 26.3 Å². The maximum atomic E-state index is 13.2. The fraction of sp³-hybridized carbons (Fsp3) is 0.316. The van der Waals surface area contributed by atoms with Gasteiger partial charge in [0.25, 0.3) is 0 Å². The van der Waals surface area contributed by atoms with Crippen LogP contribution in [0.15, 0.2) is 53.4 Å². The first-order chi connectivity index (χ1) is 12.8. The van der Waals surface area contributed by atoms with Crippen molar-refractivity contribution in [3.63, 3.8) is 0 Å². The summed E-state index contributed by atoms with van der Waals surface area (Å²) >= 11 is 5.52. The molecule has 0 fully saturated rings. The second kappa shape index (κ2) is 9.10. The van der Waals surface area contributed by atoms with Gasteiger partial charge < -0.3 is 15.0 Å². The molecule has 0 spiro atoms. The SMILES string of the molecule is COc1ccc(S(=O)(=O)[C@H](CNC(=O)CCl)c2ccc(N(C)C)cc2)cc1. The number of ether oxygens (including phenoxy) is 1. The van der Waals surface area contributed by atoms with Crippen LogP contribution in [0, 0.1) is 0 Å². The zero-order chi connectivity index (χ0) is 20.0. The molecule has 2 aromatic rings. The van der Waals surface area contributed by atoms with Crippen LogP contribution in [0.25, 0.3) is 0 Å². The Kier molecular flexibility index (Phi) is 7.10. The molecule has 0 aromatic heterocycles. The lowest BCUT2D eigenvalue weighted by molar-refractivity contribution is -0.118. The summed E-state index contributed by atoms with van der Waals surface area (Å²) in [4.78, 5) is 13.7. The average molecular weight is 411 g/mol. The maximum absolute atomic E-state index is 13.2. The van der Waals surface area contributed by atoms with Gasteiger partial charge in [-0.1, -0.05) is 12.1 Å². The van der Waals surface area contributed by atoms with E-state index < -0.39 is 21.0 Å². The third-order valence-corrected chi connectivity index (χ3v) is 6.51. The summed E-state index contributed by atoms with van der Waals surface area (Å²) < 4.78 is 31.5. The second-order valence-corrected chi connectivity index (χ2v) is 8.53. The molecule has 0 saturated heterocycles. The number of nitrogens with zero attached hydrogens (tertiary/aromatic N) is 1. The first kappa shape index (κ1) is 21.1. The third kappa shape index (κ3) is 5.14. The number of anilines is 1. The predicted molar refractivity (Wildman–Crippen MR) is 107 cm³/mol. The van der Waals surface area contributed by atoms with Gasteiger partial charge in [-0.3, -0.25) is 4.79 Å². The van der Waals surface area contributed by atoms with Gasteiger partial charge in [0.05, 0.1) is 12.0 Å². The summed E-state index contributed by atoms with van der Waals surface area (Å²) in [5.74, 6) is -0.0812. The number of alkyl halides is 1. The van der Waals surface area contributed by atoms with Crippen molar-refractivity contribution < 1.29 is 17.9 Å². The van der Waals surface area contributed by atoms with Gasteiger partial charge in [-0.15, -0.1) is 11.6 Å². The summed E-state index contributed by atoms with van der Waals surface area (Å²) in [6.45, 7) is -0.0682. The van der Waals surface area contributed by atoms with Crippen LogP contribution in [0.4, 0.5) is 5.69 Å². The highest BCUT2D eigenvalue weighted by atomic mass is 35.5. The van der Waals surface area contributed by atoms with Crippen molar-refractivity contribution in [3.05, 3.63) is 54.1 Å². The number of nitrogens with one attached hydrogen (secondary N) is 1. The zero-order valence-electron chi connectivity index (χ0n) is 15.5. The lowest BCUT2D eigenvalue weighted by atomic mass is 10.1. The van der Waals surface area contributed by atoms with Gasteiger partial charge in [0.2, 0.25) is 5.91 Å². The van der Waals surface area contributed by atoms with Crippen LogP contribution >= 0.6 is 11.6 Å². The molecule has 0 radical (unpaired) electrons. The van der Waals surface area contributed by atoms with E-state index in [0.717, 1.165) is 5.69 Å². The fourth-order valence-electron chi connectivity index (χ4n) is 2.58. The van der Waals surface area contributed by atoms with Crippen molar-refractivity contribution in [2.24, 2.45) is 0 Å². The Bertz CT molecular complexity index is 866. The first-order valence-electron chi connectivity index (χ1n) is 8.27. The van der Waals surface area contributed by atoms with E-state index in [2.05, 4.69) is 5.32 Å². The standard InChI is InChI=1S/C19H23ClN2O4S/c1-22(2)15-6-4-14(5-7-15)18(13-21-19(23)12-20)27(24,25)17-10-8-16(26-3)9-11-17/h4-11,18H,12-13H2,1-3H3,(H,21,23)/t18-/m1/s1. The van der Waals surface area contributed by atoms with Crippen molar-refractivity contribution in [2.45, 2.75) is 10.1 Å².